The number of hydrogen-bond acceptors (Lipinski definition) is 2. The minimum atomic E-state index is 0.162. The number of aryl methyl sites for hydroxylation is 1. The Morgan fingerprint density at radius 3 is 3.00 bits per heavy atom. The van der Waals surface area contributed by atoms with Gasteiger partial charge in [-0.05, 0) is 24.5 Å². The first-order valence-corrected chi connectivity index (χ1v) is 5.30. The fraction of sp³-hybridized carbons (Fsp3) is 0.636. The second-order valence-corrected chi connectivity index (χ2v) is 3.65. The lowest BCUT2D eigenvalue weighted by molar-refractivity contribution is 0.280. The van der Waals surface area contributed by atoms with Crippen molar-refractivity contribution in [2.24, 2.45) is 5.73 Å². The Kier molecular flexibility index (Phi) is 4.70. The first kappa shape index (κ1) is 11.3. The van der Waals surface area contributed by atoms with E-state index in [0.717, 1.165) is 25.8 Å². The lowest BCUT2D eigenvalue weighted by atomic mass is 10.1. The molecular weight excluding hydrogens is 176 g/mol. The molecule has 14 heavy (non-hydrogen) atoms. The van der Waals surface area contributed by atoms with E-state index in [2.05, 4.69) is 23.8 Å². The van der Waals surface area contributed by atoms with Crippen LogP contribution in [-0.4, -0.2) is 16.3 Å². The summed E-state index contributed by atoms with van der Waals surface area (Å²) in [4.78, 5) is 0. The molecule has 1 unspecified atom stereocenters. The first-order chi connectivity index (χ1) is 6.77. The number of aromatic nitrogens is 1. The maximum Gasteiger partial charge on any atom is 0.0448 e. The molecule has 1 rings (SSSR count). The van der Waals surface area contributed by atoms with Gasteiger partial charge in [-0.2, -0.15) is 0 Å². The molecule has 3 N–H and O–H groups in total. The highest BCUT2D eigenvalue weighted by molar-refractivity contribution is 5.14. The van der Waals surface area contributed by atoms with Gasteiger partial charge in [0.15, 0.2) is 0 Å². The molecule has 1 aromatic heterocycles. The number of rotatable bonds is 6. The van der Waals surface area contributed by atoms with Crippen molar-refractivity contribution in [3.05, 3.63) is 24.0 Å². The van der Waals surface area contributed by atoms with Crippen LogP contribution in [0.1, 0.15) is 37.8 Å². The summed E-state index contributed by atoms with van der Waals surface area (Å²) in [6, 6.07) is 2.23. The van der Waals surface area contributed by atoms with E-state index in [1.807, 2.05) is 6.20 Å². The molecule has 0 aliphatic rings. The topological polar surface area (TPSA) is 51.2 Å². The van der Waals surface area contributed by atoms with Crippen LogP contribution >= 0.6 is 0 Å². The van der Waals surface area contributed by atoms with Crippen molar-refractivity contribution in [1.82, 2.24) is 4.57 Å². The van der Waals surface area contributed by atoms with Gasteiger partial charge in [-0.1, -0.05) is 13.3 Å². The third kappa shape index (κ3) is 3.16. The van der Waals surface area contributed by atoms with Crippen LogP contribution in [0.5, 0.6) is 0 Å². The molecule has 0 spiro atoms. The molecule has 0 aromatic carbocycles. The summed E-state index contributed by atoms with van der Waals surface area (Å²) in [6.07, 6.45) is 7.06. The number of aliphatic hydroxyl groups is 1. The van der Waals surface area contributed by atoms with Gasteiger partial charge in [0.25, 0.3) is 0 Å². The maximum atomic E-state index is 8.69. The van der Waals surface area contributed by atoms with Crippen LogP contribution in [0.25, 0.3) is 0 Å². The van der Waals surface area contributed by atoms with Crippen molar-refractivity contribution in [1.29, 1.82) is 0 Å². The van der Waals surface area contributed by atoms with E-state index in [1.165, 1.54) is 5.56 Å². The summed E-state index contributed by atoms with van der Waals surface area (Å²) in [5.74, 6) is 0. The zero-order valence-corrected chi connectivity index (χ0v) is 8.82. The van der Waals surface area contributed by atoms with Crippen LogP contribution in [0.3, 0.4) is 0 Å². The van der Waals surface area contributed by atoms with E-state index in [0.29, 0.717) is 0 Å². The molecule has 0 fully saturated rings. The fourth-order valence-electron chi connectivity index (χ4n) is 1.55. The smallest absolute Gasteiger partial charge is 0.0448 e. The van der Waals surface area contributed by atoms with Gasteiger partial charge in [0.2, 0.25) is 0 Å². The molecule has 0 radical (unpaired) electrons. The SMILES string of the molecule is CCCC(N)c1ccn(CCCO)c1. The Bertz CT molecular complexity index is 258. The highest BCUT2D eigenvalue weighted by Crippen LogP contribution is 2.15. The standard InChI is InChI=1S/C11H20N2O/c1-2-4-11(12)10-5-7-13(9-10)6-3-8-14/h5,7,9,11,14H,2-4,6,8,12H2,1H3. The van der Waals surface area contributed by atoms with Gasteiger partial charge in [-0.3, -0.25) is 0 Å². The molecule has 3 nitrogen and oxygen atoms in total. The molecule has 3 heteroatoms. The van der Waals surface area contributed by atoms with Crippen molar-refractivity contribution in [3.8, 4) is 0 Å². The molecule has 1 aromatic rings. The van der Waals surface area contributed by atoms with E-state index >= 15 is 0 Å². The third-order valence-electron chi connectivity index (χ3n) is 2.38. The molecule has 0 saturated carbocycles. The van der Waals surface area contributed by atoms with Crippen LogP contribution < -0.4 is 5.73 Å². The van der Waals surface area contributed by atoms with Gasteiger partial charge in [0.05, 0.1) is 0 Å². The monoisotopic (exact) mass is 196 g/mol. The zero-order valence-electron chi connectivity index (χ0n) is 8.82. The maximum absolute atomic E-state index is 8.69. The average molecular weight is 196 g/mol. The molecule has 0 amide bonds. The number of nitrogens with zero attached hydrogens (tertiary/aromatic N) is 1. The van der Waals surface area contributed by atoms with Crippen molar-refractivity contribution in [2.75, 3.05) is 6.61 Å². The van der Waals surface area contributed by atoms with Gasteiger partial charge in [-0.25, -0.2) is 0 Å². The second kappa shape index (κ2) is 5.83. The molecule has 1 atom stereocenters. The van der Waals surface area contributed by atoms with Crippen LogP contribution in [0.2, 0.25) is 0 Å². The molecule has 0 bridgehead atoms. The predicted molar refractivity (Wildman–Crippen MR) is 58.0 cm³/mol. The van der Waals surface area contributed by atoms with Gasteiger partial charge < -0.3 is 15.4 Å². The highest BCUT2D eigenvalue weighted by Gasteiger charge is 2.05. The normalized spacial score (nSPS) is 13.1. The number of aliphatic hydroxyl groups excluding tert-OH is 1. The Balaban J connectivity index is 2.49. The lowest BCUT2D eigenvalue weighted by Crippen LogP contribution is -2.08. The molecular formula is C11H20N2O. The van der Waals surface area contributed by atoms with Gasteiger partial charge in [0, 0.05) is 31.6 Å². The largest absolute Gasteiger partial charge is 0.396 e. The summed E-state index contributed by atoms with van der Waals surface area (Å²) in [7, 11) is 0. The number of nitrogens with two attached hydrogens (primary N) is 1. The molecule has 0 saturated heterocycles. The van der Waals surface area contributed by atoms with E-state index in [-0.39, 0.29) is 12.6 Å². The first-order valence-electron chi connectivity index (χ1n) is 5.30. The van der Waals surface area contributed by atoms with E-state index < -0.39 is 0 Å². The van der Waals surface area contributed by atoms with Gasteiger partial charge in [0.1, 0.15) is 0 Å². The number of hydrogen-bond donors (Lipinski definition) is 2. The van der Waals surface area contributed by atoms with Crippen molar-refractivity contribution >= 4 is 0 Å². The van der Waals surface area contributed by atoms with Crippen molar-refractivity contribution in [3.63, 3.8) is 0 Å². The molecule has 80 valence electrons. The summed E-state index contributed by atoms with van der Waals surface area (Å²) in [5, 5.41) is 8.69. The van der Waals surface area contributed by atoms with Crippen LogP contribution in [-0.2, 0) is 6.54 Å². The van der Waals surface area contributed by atoms with Crippen molar-refractivity contribution in [2.45, 2.75) is 38.8 Å². The minimum absolute atomic E-state index is 0.162. The average Bonchev–Trinajstić information content (AvgIpc) is 2.63. The van der Waals surface area contributed by atoms with Crippen LogP contribution in [0.15, 0.2) is 18.5 Å². The van der Waals surface area contributed by atoms with Crippen LogP contribution in [0, 0.1) is 0 Å². The summed E-state index contributed by atoms with van der Waals surface area (Å²) < 4.78 is 2.08. The summed E-state index contributed by atoms with van der Waals surface area (Å²) in [6.45, 7) is 3.26. The molecule has 0 aliphatic carbocycles. The fourth-order valence-corrected chi connectivity index (χ4v) is 1.55. The lowest BCUT2D eigenvalue weighted by Gasteiger charge is -2.07. The highest BCUT2D eigenvalue weighted by atomic mass is 16.3. The second-order valence-electron chi connectivity index (χ2n) is 3.65. The van der Waals surface area contributed by atoms with E-state index in [1.54, 1.807) is 0 Å². The quantitative estimate of drug-likeness (QED) is 0.727. The van der Waals surface area contributed by atoms with E-state index in [4.69, 9.17) is 10.8 Å². The molecule has 1 heterocycles. The summed E-state index contributed by atoms with van der Waals surface area (Å²) >= 11 is 0. The summed E-state index contributed by atoms with van der Waals surface area (Å²) in [5.41, 5.74) is 7.18. The Morgan fingerprint density at radius 2 is 2.36 bits per heavy atom. The zero-order chi connectivity index (χ0) is 10.4. The van der Waals surface area contributed by atoms with E-state index in [9.17, 15) is 0 Å². The third-order valence-corrected chi connectivity index (χ3v) is 2.38. The van der Waals surface area contributed by atoms with Gasteiger partial charge in [-0.15, -0.1) is 0 Å². The Morgan fingerprint density at radius 1 is 1.57 bits per heavy atom. The van der Waals surface area contributed by atoms with Crippen LogP contribution in [0.4, 0.5) is 0 Å². The van der Waals surface area contributed by atoms with Gasteiger partial charge >= 0.3 is 0 Å². The Labute approximate surface area is 85.5 Å². The van der Waals surface area contributed by atoms with Crippen molar-refractivity contribution < 1.29 is 5.11 Å². The molecule has 0 aliphatic heterocycles. The Hall–Kier alpha value is -0.800. The predicted octanol–water partition coefficient (Wildman–Crippen LogP) is 1.67. The minimum Gasteiger partial charge on any atom is -0.396 e.